The third kappa shape index (κ3) is 4.24. The number of ether oxygens (including phenoxy) is 4. The van der Waals surface area contributed by atoms with Crippen LogP contribution in [0.25, 0.3) is 0 Å². The SMILES string of the molecule is CCCc1cc(C)cc(CCC)c1OC(C(=O)OC)c1ccc2c(c1)OCO2. The van der Waals surface area contributed by atoms with E-state index in [1.807, 2.05) is 6.07 Å². The number of carbonyl (C=O) groups excluding carboxylic acids is 1. The monoisotopic (exact) mass is 384 g/mol. The van der Waals surface area contributed by atoms with Crippen LogP contribution >= 0.6 is 0 Å². The molecule has 1 heterocycles. The molecule has 3 rings (SSSR count). The van der Waals surface area contributed by atoms with Crippen molar-refractivity contribution < 1.29 is 23.7 Å². The molecular formula is C23H28O5. The summed E-state index contributed by atoms with van der Waals surface area (Å²) in [4.78, 5) is 12.6. The molecule has 1 atom stereocenters. The van der Waals surface area contributed by atoms with Crippen molar-refractivity contribution in [2.45, 2.75) is 52.6 Å². The second kappa shape index (κ2) is 9.00. The number of aryl methyl sites for hydroxylation is 3. The number of hydrogen-bond donors (Lipinski definition) is 0. The van der Waals surface area contributed by atoms with E-state index in [1.54, 1.807) is 12.1 Å². The van der Waals surface area contributed by atoms with E-state index in [0.29, 0.717) is 17.1 Å². The van der Waals surface area contributed by atoms with Gasteiger partial charge in [-0.25, -0.2) is 4.79 Å². The van der Waals surface area contributed by atoms with Crippen LogP contribution in [-0.2, 0) is 22.4 Å². The Balaban J connectivity index is 2.02. The van der Waals surface area contributed by atoms with Crippen LogP contribution in [0.4, 0.5) is 0 Å². The van der Waals surface area contributed by atoms with Crippen LogP contribution in [0.1, 0.15) is 55.0 Å². The smallest absolute Gasteiger partial charge is 0.351 e. The van der Waals surface area contributed by atoms with E-state index >= 15 is 0 Å². The van der Waals surface area contributed by atoms with Gasteiger partial charge in [-0.2, -0.15) is 0 Å². The summed E-state index contributed by atoms with van der Waals surface area (Å²) in [5.74, 6) is 1.63. The van der Waals surface area contributed by atoms with Crippen LogP contribution in [0.2, 0.25) is 0 Å². The maximum Gasteiger partial charge on any atom is 0.351 e. The minimum Gasteiger partial charge on any atom is -0.473 e. The van der Waals surface area contributed by atoms with Gasteiger partial charge in [-0.05, 0) is 43.0 Å². The lowest BCUT2D eigenvalue weighted by molar-refractivity contribution is -0.149. The van der Waals surface area contributed by atoms with Crippen molar-refractivity contribution in [1.82, 2.24) is 0 Å². The Morgan fingerprint density at radius 2 is 1.68 bits per heavy atom. The maximum absolute atomic E-state index is 12.6. The predicted octanol–water partition coefficient (Wildman–Crippen LogP) is 4.92. The van der Waals surface area contributed by atoms with E-state index in [1.165, 1.54) is 12.7 Å². The molecule has 0 spiro atoms. The molecule has 0 fully saturated rings. The van der Waals surface area contributed by atoms with Gasteiger partial charge in [0, 0.05) is 5.56 Å². The van der Waals surface area contributed by atoms with Crippen LogP contribution in [0.3, 0.4) is 0 Å². The average Bonchev–Trinajstić information content (AvgIpc) is 3.15. The first-order valence-corrected chi connectivity index (χ1v) is 9.83. The van der Waals surface area contributed by atoms with E-state index in [0.717, 1.165) is 42.6 Å². The topological polar surface area (TPSA) is 54.0 Å². The highest BCUT2D eigenvalue weighted by Crippen LogP contribution is 2.37. The van der Waals surface area contributed by atoms with Gasteiger partial charge in [0.15, 0.2) is 11.5 Å². The molecule has 0 saturated carbocycles. The van der Waals surface area contributed by atoms with Crippen molar-refractivity contribution in [2.75, 3.05) is 13.9 Å². The van der Waals surface area contributed by atoms with Gasteiger partial charge in [0.2, 0.25) is 12.9 Å². The first-order chi connectivity index (χ1) is 13.6. The first-order valence-electron chi connectivity index (χ1n) is 9.83. The summed E-state index contributed by atoms with van der Waals surface area (Å²) in [6, 6.07) is 9.70. The highest BCUT2D eigenvalue weighted by atomic mass is 16.7. The van der Waals surface area contributed by atoms with Gasteiger partial charge in [-0.15, -0.1) is 0 Å². The quantitative estimate of drug-likeness (QED) is 0.605. The average molecular weight is 384 g/mol. The summed E-state index contributed by atoms with van der Waals surface area (Å²) >= 11 is 0. The van der Waals surface area contributed by atoms with Gasteiger partial charge >= 0.3 is 5.97 Å². The van der Waals surface area contributed by atoms with Crippen molar-refractivity contribution >= 4 is 5.97 Å². The Kier molecular flexibility index (Phi) is 6.45. The molecule has 0 radical (unpaired) electrons. The Morgan fingerprint density at radius 3 is 2.29 bits per heavy atom. The van der Waals surface area contributed by atoms with Crippen LogP contribution in [0.5, 0.6) is 17.2 Å². The fourth-order valence-corrected chi connectivity index (χ4v) is 3.54. The molecule has 150 valence electrons. The molecule has 0 bridgehead atoms. The van der Waals surface area contributed by atoms with Crippen LogP contribution < -0.4 is 14.2 Å². The summed E-state index contributed by atoms with van der Waals surface area (Å²) in [5.41, 5.74) is 4.14. The molecule has 5 heteroatoms. The molecule has 0 N–H and O–H groups in total. The second-order valence-corrected chi connectivity index (χ2v) is 7.05. The number of hydrogen-bond acceptors (Lipinski definition) is 5. The lowest BCUT2D eigenvalue weighted by Crippen LogP contribution is -2.21. The van der Waals surface area contributed by atoms with Crippen molar-refractivity contribution in [3.63, 3.8) is 0 Å². The molecule has 0 aromatic heterocycles. The lowest BCUT2D eigenvalue weighted by Gasteiger charge is -2.22. The molecule has 2 aromatic carbocycles. The zero-order valence-corrected chi connectivity index (χ0v) is 17.0. The molecule has 1 aliphatic rings. The first kappa shape index (κ1) is 20.1. The summed E-state index contributed by atoms with van der Waals surface area (Å²) < 4.78 is 22.2. The normalized spacial score (nSPS) is 13.3. The molecule has 0 amide bonds. The van der Waals surface area contributed by atoms with E-state index < -0.39 is 12.1 Å². The fourth-order valence-electron chi connectivity index (χ4n) is 3.54. The highest BCUT2D eigenvalue weighted by Gasteiger charge is 2.28. The Labute approximate surface area is 166 Å². The third-order valence-electron chi connectivity index (χ3n) is 4.78. The number of benzene rings is 2. The van der Waals surface area contributed by atoms with Crippen LogP contribution in [0.15, 0.2) is 30.3 Å². The number of rotatable bonds is 8. The Bertz CT molecular complexity index is 816. The number of esters is 1. The molecule has 28 heavy (non-hydrogen) atoms. The highest BCUT2D eigenvalue weighted by molar-refractivity contribution is 5.77. The van der Waals surface area contributed by atoms with Crippen molar-refractivity contribution in [3.05, 3.63) is 52.6 Å². The minimum atomic E-state index is -0.867. The van der Waals surface area contributed by atoms with Gasteiger partial charge in [0.05, 0.1) is 7.11 Å². The fraction of sp³-hybridized carbons (Fsp3) is 0.435. The van der Waals surface area contributed by atoms with Gasteiger partial charge in [0.1, 0.15) is 5.75 Å². The van der Waals surface area contributed by atoms with Crippen LogP contribution in [-0.4, -0.2) is 19.9 Å². The number of fused-ring (bicyclic) bond motifs is 1. The maximum atomic E-state index is 12.6. The molecule has 0 aliphatic carbocycles. The predicted molar refractivity (Wildman–Crippen MR) is 107 cm³/mol. The molecule has 0 saturated heterocycles. The van der Waals surface area contributed by atoms with Crippen LogP contribution in [0, 0.1) is 6.92 Å². The van der Waals surface area contributed by atoms with Gasteiger partial charge in [-0.3, -0.25) is 0 Å². The van der Waals surface area contributed by atoms with E-state index in [4.69, 9.17) is 18.9 Å². The zero-order valence-electron chi connectivity index (χ0n) is 17.0. The molecule has 1 aliphatic heterocycles. The standard InChI is InChI=1S/C23H28O5/c1-5-7-16-11-15(3)12-17(8-6-2)21(16)28-22(23(24)25-4)18-9-10-19-20(13-18)27-14-26-19/h9-13,22H,5-8,14H2,1-4H3. The van der Waals surface area contributed by atoms with Gasteiger partial charge in [0.25, 0.3) is 0 Å². The van der Waals surface area contributed by atoms with E-state index in [-0.39, 0.29) is 6.79 Å². The lowest BCUT2D eigenvalue weighted by atomic mass is 9.98. The summed E-state index contributed by atoms with van der Waals surface area (Å²) in [6.07, 6.45) is 2.91. The molecule has 2 aromatic rings. The molecule has 1 unspecified atom stereocenters. The van der Waals surface area contributed by atoms with E-state index in [2.05, 4.69) is 32.9 Å². The summed E-state index contributed by atoms with van der Waals surface area (Å²) in [5, 5.41) is 0. The number of methoxy groups -OCH3 is 1. The molecule has 5 nitrogen and oxygen atoms in total. The summed E-state index contributed by atoms with van der Waals surface area (Å²) in [6.45, 7) is 6.56. The largest absolute Gasteiger partial charge is 0.473 e. The van der Waals surface area contributed by atoms with Gasteiger partial charge in [-0.1, -0.05) is 50.5 Å². The molecular weight excluding hydrogens is 356 g/mol. The van der Waals surface area contributed by atoms with Gasteiger partial charge < -0.3 is 18.9 Å². The number of carbonyl (C=O) groups is 1. The van der Waals surface area contributed by atoms with Crippen molar-refractivity contribution in [2.24, 2.45) is 0 Å². The van der Waals surface area contributed by atoms with Crippen molar-refractivity contribution in [3.8, 4) is 17.2 Å². The third-order valence-corrected chi connectivity index (χ3v) is 4.78. The Hall–Kier alpha value is -2.69. The van der Waals surface area contributed by atoms with E-state index in [9.17, 15) is 4.79 Å². The second-order valence-electron chi connectivity index (χ2n) is 7.05. The van der Waals surface area contributed by atoms with Crippen molar-refractivity contribution in [1.29, 1.82) is 0 Å². The Morgan fingerprint density at radius 1 is 1.04 bits per heavy atom. The zero-order chi connectivity index (χ0) is 20.1. The summed E-state index contributed by atoms with van der Waals surface area (Å²) in [7, 11) is 1.38. The minimum absolute atomic E-state index is 0.182.